The summed E-state index contributed by atoms with van der Waals surface area (Å²) in [6.07, 6.45) is 4.71. The minimum absolute atomic E-state index is 0.279. The predicted octanol–water partition coefficient (Wildman–Crippen LogP) is 4.32. The molecule has 0 aliphatic heterocycles. The van der Waals surface area contributed by atoms with Crippen molar-refractivity contribution in [2.75, 3.05) is 0 Å². The first-order valence-electron chi connectivity index (χ1n) is 6.41. The highest BCUT2D eigenvalue weighted by Crippen LogP contribution is 2.49. The van der Waals surface area contributed by atoms with Gasteiger partial charge in [-0.2, -0.15) is 0 Å². The number of rotatable bonds is 2. The maximum Gasteiger partial charge on any atom is 0.149 e. The third-order valence-electron chi connectivity index (χ3n) is 4.06. The van der Waals surface area contributed by atoms with E-state index in [2.05, 4.69) is 36.7 Å². The highest BCUT2D eigenvalue weighted by Gasteiger charge is 2.47. The average molecular weight is 301 g/mol. The zero-order valence-corrected chi connectivity index (χ0v) is 12.3. The van der Waals surface area contributed by atoms with Crippen molar-refractivity contribution in [2.24, 2.45) is 17.8 Å². The Morgan fingerprint density at radius 3 is 2.71 bits per heavy atom. The van der Waals surface area contributed by atoms with E-state index < -0.39 is 5.60 Å². The number of furan rings is 1. The minimum Gasteiger partial charge on any atom is -0.465 e. The molecule has 1 heterocycles. The molecule has 1 fully saturated rings. The summed E-state index contributed by atoms with van der Waals surface area (Å²) in [6.45, 7) is 6.57. The molecular formula is C14H21BrO2. The molecule has 0 aromatic carbocycles. The molecule has 1 aromatic heterocycles. The molecule has 1 aliphatic rings. The van der Waals surface area contributed by atoms with Crippen LogP contribution in [0.4, 0.5) is 0 Å². The average Bonchev–Trinajstić information content (AvgIpc) is 2.64. The van der Waals surface area contributed by atoms with Crippen molar-refractivity contribution in [3.63, 3.8) is 0 Å². The fourth-order valence-corrected chi connectivity index (χ4v) is 3.78. The van der Waals surface area contributed by atoms with E-state index in [0.717, 1.165) is 17.3 Å². The van der Waals surface area contributed by atoms with Crippen LogP contribution in [0.5, 0.6) is 0 Å². The Morgan fingerprint density at radius 1 is 1.47 bits per heavy atom. The Balaban J connectivity index is 2.39. The highest BCUT2D eigenvalue weighted by molar-refractivity contribution is 9.10. The first-order chi connectivity index (χ1) is 7.95. The number of halogens is 1. The zero-order chi connectivity index (χ0) is 12.6. The van der Waals surface area contributed by atoms with Crippen LogP contribution in [0.1, 0.15) is 45.8 Å². The molecule has 3 unspecified atom stereocenters. The summed E-state index contributed by atoms with van der Waals surface area (Å²) in [5, 5.41) is 11.1. The van der Waals surface area contributed by atoms with E-state index in [4.69, 9.17) is 4.42 Å². The quantitative estimate of drug-likeness (QED) is 0.882. The van der Waals surface area contributed by atoms with Crippen LogP contribution in [0, 0.1) is 17.8 Å². The highest BCUT2D eigenvalue weighted by atomic mass is 79.9. The maximum atomic E-state index is 11.1. The molecule has 0 spiro atoms. The van der Waals surface area contributed by atoms with Crippen LogP contribution in [0.3, 0.4) is 0 Å². The molecule has 0 amide bonds. The van der Waals surface area contributed by atoms with Crippen LogP contribution < -0.4 is 0 Å². The predicted molar refractivity (Wildman–Crippen MR) is 71.6 cm³/mol. The summed E-state index contributed by atoms with van der Waals surface area (Å²) in [5.74, 6) is 2.00. The second-order valence-electron chi connectivity index (χ2n) is 5.76. The van der Waals surface area contributed by atoms with Crippen LogP contribution in [-0.2, 0) is 5.60 Å². The lowest BCUT2D eigenvalue weighted by Gasteiger charge is -2.43. The zero-order valence-electron chi connectivity index (χ0n) is 10.7. The molecule has 0 bridgehead atoms. The smallest absolute Gasteiger partial charge is 0.149 e. The third-order valence-corrected chi connectivity index (χ3v) is 4.68. The van der Waals surface area contributed by atoms with E-state index in [1.165, 1.54) is 6.42 Å². The van der Waals surface area contributed by atoms with Crippen molar-refractivity contribution in [1.82, 2.24) is 0 Å². The summed E-state index contributed by atoms with van der Waals surface area (Å²) in [6, 6.07) is 1.87. The van der Waals surface area contributed by atoms with Gasteiger partial charge < -0.3 is 9.52 Å². The van der Waals surface area contributed by atoms with Crippen molar-refractivity contribution in [3.8, 4) is 0 Å². The molecule has 1 saturated carbocycles. The van der Waals surface area contributed by atoms with Crippen LogP contribution in [0.2, 0.25) is 0 Å². The summed E-state index contributed by atoms with van der Waals surface area (Å²) >= 11 is 3.48. The second-order valence-corrected chi connectivity index (χ2v) is 6.61. The van der Waals surface area contributed by atoms with Gasteiger partial charge in [-0.25, -0.2) is 0 Å². The van der Waals surface area contributed by atoms with Crippen LogP contribution in [0.25, 0.3) is 0 Å². The van der Waals surface area contributed by atoms with Gasteiger partial charge >= 0.3 is 0 Å². The molecule has 1 aromatic rings. The largest absolute Gasteiger partial charge is 0.465 e. The van der Waals surface area contributed by atoms with Crippen LogP contribution in [0.15, 0.2) is 21.2 Å². The summed E-state index contributed by atoms with van der Waals surface area (Å²) in [5.41, 5.74) is -0.811. The lowest BCUT2D eigenvalue weighted by molar-refractivity contribution is -0.101. The van der Waals surface area contributed by atoms with E-state index >= 15 is 0 Å². The topological polar surface area (TPSA) is 33.4 Å². The normalized spacial score (nSPS) is 34.2. The van der Waals surface area contributed by atoms with E-state index in [-0.39, 0.29) is 5.92 Å². The van der Waals surface area contributed by atoms with Gasteiger partial charge in [-0.3, -0.25) is 0 Å². The van der Waals surface area contributed by atoms with Gasteiger partial charge in [0.2, 0.25) is 0 Å². The van der Waals surface area contributed by atoms with Gasteiger partial charge in [-0.1, -0.05) is 27.2 Å². The maximum absolute atomic E-state index is 11.1. The molecule has 3 atom stereocenters. The van der Waals surface area contributed by atoms with Crippen LogP contribution >= 0.6 is 15.9 Å². The SMILES string of the molecule is CC1CCC(C(C)C)C(O)(c2occc2Br)C1. The van der Waals surface area contributed by atoms with Gasteiger partial charge in [-0.15, -0.1) is 0 Å². The molecule has 17 heavy (non-hydrogen) atoms. The summed E-state index contributed by atoms with van der Waals surface area (Å²) in [4.78, 5) is 0. The number of hydrogen-bond donors (Lipinski definition) is 1. The van der Waals surface area contributed by atoms with Gasteiger partial charge in [0, 0.05) is 0 Å². The third kappa shape index (κ3) is 2.32. The Labute approximate surface area is 112 Å². The molecule has 1 N–H and O–H groups in total. The van der Waals surface area contributed by atoms with E-state index in [0.29, 0.717) is 17.6 Å². The molecule has 0 saturated heterocycles. The molecule has 2 rings (SSSR count). The standard InChI is InChI=1S/C14H21BrO2/c1-9(2)11-5-4-10(3)8-14(11,16)13-12(15)6-7-17-13/h6-7,9-11,16H,4-5,8H2,1-3H3. The fraction of sp³-hybridized carbons (Fsp3) is 0.714. The Kier molecular flexibility index (Phi) is 3.69. The summed E-state index contributed by atoms with van der Waals surface area (Å²) < 4.78 is 6.43. The molecule has 1 aliphatic carbocycles. The number of hydrogen-bond acceptors (Lipinski definition) is 2. The van der Waals surface area contributed by atoms with E-state index in [9.17, 15) is 5.11 Å². The van der Waals surface area contributed by atoms with Gasteiger partial charge in [0.1, 0.15) is 11.4 Å². The monoisotopic (exact) mass is 300 g/mol. The molecule has 0 radical (unpaired) electrons. The van der Waals surface area contributed by atoms with Gasteiger partial charge in [0.15, 0.2) is 0 Å². The Bertz CT molecular complexity index is 385. The molecule has 3 heteroatoms. The summed E-state index contributed by atoms with van der Waals surface area (Å²) in [7, 11) is 0. The second kappa shape index (κ2) is 4.77. The molecular weight excluding hydrogens is 280 g/mol. The van der Waals surface area contributed by atoms with Crippen molar-refractivity contribution >= 4 is 15.9 Å². The first-order valence-corrected chi connectivity index (χ1v) is 7.20. The fourth-order valence-electron chi connectivity index (χ4n) is 3.24. The van der Waals surface area contributed by atoms with E-state index in [1.54, 1.807) is 6.26 Å². The Hall–Kier alpha value is -0.280. The molecule has 96 valence electrons. The molecule has 2 nitrogen and oxygen atoms in total. The lowest BCUT2D eigenvalue weighted by Crippen LogP contribution is -2.43. The van der Waals surface area contributed by atoms with Gasteiger partial charge in [0.25, 0.3) is 0 Å². The van der Waals surface area contributed by atoms with Crippen molar-refractivity contribution in [2.45, 2.75) is 45.6 Å². The minimum atomic E-state index is -0.811. The van der Waals surface area contributed by atoms with Crippen molar-refractivity contribution < 1.29 is 9.52 Å². The van der Waals surface area contributed by atoms with Gasteiger partial charge in [-0.05, 0) is 52.6 Å². The van der Waals surface area contributed by atoms with Crippen molar-refractivity contribution in [1.29, 1.82) is 0 Å². The lowest BCUT2D eigenvalue weighted by atomic mass is 9.66. The van der Waals surface area contributed by atoms with Gasteiger partial charge in [0.05, 0.1) is 10.7 Å². The Morgan fingerprint density at radius 2 is 2.18 bits per heavy atom. The van der Waals surface area contributed by atoms with E-state index in [1.807, 2.05) is 6.07 Å². The number of aliphatic hydroxyl groups is 1. The first kappa shape index (κ1) is 13.2. The van der Waals surface area contributed by atoms with Crippen LogP contribution in [-0.4, -0.2) is 5.11 Å². The van der Waals surface area contributed by atoms with Crippen molar-refractivity contribution in [3.05, 3.63) is 22.6 Å².